The summed E-state index contributed by atoms with van der Waals surface area (Å²) in [5.41, 5.74) is 6.53. The lowest BCUT2D eigenvalue weighted by atomic mass is 9.92. The van der Waals surface area contributed by atoms with Crippen LogP contribution in [0.15, 0.2) is 0 Å². The molecular formula is C12H24N2O. The fourth-order valence-electron chi connectivity index (χ4n) is 2.47. The van der Waals surface area contributed by atoms with Gasteiger partial charge in [-0.1, -0.05) is 0 Å². The third kappa shape index (κ3) is 2.52. The summed E-state index contributed by atoms with van der Waals surface area (Å²) in [6.07, 6.45) is 2.63. The van der Waals surface area contributed by atoms with E-state index in [-0.39, 0.29) is 11.1 Å². The summed E-state index contributed by atoms with van der Waals surface area (Å²) < 4.78 is 5.52. The van der Waals surface area contributed by atoms with Crippen molar-refractivity contribution in [1.82, 2.24) is 4.90 Å². The maximum atomic E-state index is 6.39. The first-order valence-electron chi connectivity index (χ1n) is 6.03. The van der Waals surface area contributed by atoms with Gasteiger partial charge in [0.2, 0.25) is 0 Å². The van der Waals surface area contributed by atoms with Crippen LogP contribution in [-0.2, 0) is 4.74 Å². The topological polar surface area (TPSA) is 38.5 Å². The highest BCUT2D eigenvalue weighted by Gasteiger charge is 2.42. The highest BCUT2D eigenvalue weighted by Crippen LogP contribution is 2.39. The highest BCUT2D eigenvalue weighted by atomic mass is 16.5. The zero-order valence-corrected chi connectivity index (χ0v) is 10.3. The number of ether oxygens (including phenoxy) is 1. The Morgan fingerprint density at radius 1 is 1.47 bits per heavy atom. The van der Waals surface area contributed by atoms with Crippen molar-refractivity contribution in [3.63, 3.8) is 0 Å². The van der Waals surface area contributed by atoms with Gasteiger partial charge in [-0.15, -0.1) is 0 Å². The molecule has 0 spiro atoms. The van der Waals surface area contributed by atoms with Crippen LogP contribution in [0.2, 0.25) is 0 Å². The zero-order valence-electron chi connectivity index (χ0n) is 10.3. The van der Waals surface area contributed by atoms with E-state index in [1.165, 1.54) is 12.8 Å². The van der Waals surface area contributed by atoms with E-state index in [9.17, 15) is 0 Å². The van der Waals surface area contributed by atoms with E-state index in [4.69, 9.17) is 10.5 Å². The largest absolute Gasteiger partial charge is 0.378 e. The van der Waals surface area contributed by atoms with Crippen molar-refractivity contribution in [3.05, 3.63) is 0 Å². The molecule has 1 unspecified atom stereocenters. The molecule has 88 valence electrons. The van der Waals surface area contributed by atoms with Crippen LogP contribution >= 0.6 is 0 Å². The second-order valence-electron chi connectivity index (χ2n) is 6.07. The molecule has 2 fully saturated rings. The summed E-state index contributed by atoms with van der Waals surface area (Å²) in [4.78, 5) is 2.49. The van der Waals surface area contributed by atoms with E-state index in [0.29, 0.717) is 0 Å². The van der Waals surface area contributed by atoms with Crippen LogP contribution in [0.5, 0.6) is 0 Å². The minimum Gasteiger partial charge on any atom is -0.378 e. The SMILES string of the molecule is CC(N)(CN1CCOCC1(C)C)C1CC1. The number of nitrogens with zero attached hydrogens (tertiary/aromatic N) is 1. The Balaban J connectivity index is 1.97. The van der Waals surface area contributed by atoms with Gasteiger partial charge in [-0.25, -0.2) is 0 Å². The number of morpholine rings is 1. The molecular weight excluding hydrogens is 188 g/mol. The Morgan fingerprint density at radius 2 is 2.13 bits per heavy atom. The smallest absolute Gasteiger partial charge is 0.0645 e. The van der Waals surface area contributed by atoms with Gasteiger partial charge in [-0.3, -0.25) is 4.90 Å². The molecule has 0 aromatic carbocycles. The number of rotatable bonds is 3. The van der Waals surface area contributed by atoms with Crippen molar-refractivity contribution in [1.29, 1.82) is 0 Å². The van der Waals surface area contributed by atoms with E-state index in [2.05, 4.69) is 25.7 Å². The van der Waals surface area contributed by atoms with Crippen LogP contribution in [0.3, 0.4) is 0 Å². The summed E-state index contributed by atoms with van der Waals surface area (Å²) in [6.45, 7) is 10.4. The fourth-order valence-corrected chi connectivity index (χ4v) is 2.47. The Bertz CT molecular complexity index is 234. The molecule has 3 heteroatoms. The van der Waals surface area contributed by atoms with Crippen molar-refractivity contribution < 1.29 is 4.74 Å². The molecule has 3 nitrogen and oxygen atoms in total. The van der Waals surface area contributed by atoms with Gasteiger partial charge in [-0.2, -0.15) is 0 Å². The lowest BCUT2D eigenvalue weighted by Gasteiger charge is -2.45. The molecule has 0 bridgehead atoms. The number of hydrogen-bond donors (Lipinski definition) is 1. The number of nitrogens with two attached hydrogens (primary N) is 1. The van der Waals surface area contributed by atoms with Gasteiger partial charge in [0.25, 0.3) is 0 Å². The molecule has 2 rings (SSSR count). The molecule has 1 aliphatic carbocycles. The van der Waals surface area contributed by atoms with Gasteiger partial charge in [0.1, 0.15) is 0 Å². The summed E-state index contributed by atoms with van der Waals surface area (Å²) in [6, 6.07) is 0. The molecule has 1 heterocycles. The summed E-state index contributed by atoms with van der Waals surface area (Å²) >= 11 is 0. The van der Waals surface area contributed by atoms with Gasteiger partial charge in [0, 0.05) is 24.2 Å². The maximum absolute atomic E-state index is 6.39. The van der Waals surface area contributed by atoms with E-state index in [0.717, 1.165) is 32.2 Å². The van der Waals surface area contributed by atoms with Crippen molar-refractivity contribution in [3.8, 4) is 0 Å². The Labute approximate surface area is 93.0 Å². The van der Waals surface area contributed by atoms with Gasteiger partial charge >= 0.3 is 0 Å². The first-order chi connectivity index (χ1) is 6.92. The minimum absolute atomic E-state index is 0.00535. The van der Waals surface area contributed by atoms with Gasteiger partial charge in [0.15, 0.2) is 0 Å². The standard InChI is InChI=1S/C12H24N2O/c1-11(2)9-15-7-6-14(11)8-12(3,13)10-4-5-10/h10H,4-9,13H2,1-3H3. The van der Waals surface area contributed by atoms with Gasteiger partial charge < -0.3 is 10.5 Å². The first-order valence-corrected chi connectivity index (χ1v) is 6.03. The van der Waals surface area contributed by atoms with Crippen molar-refractivity contribution in [2.24, 2.45) is 11.7 Å². The summed E-state index contributed by atoms with van der Waals surface area (Å²) in [7, 11) is 0. The molecule has 1 aliphatic heterocycles. The molecule has 0 amide bonds. The van der Waals surface area contributed by atoms with E-state index < -0.39 is 0 Å². The van der Waals surface area contributed by atoms with Crippen molar-refractivity contribution in [2.75, 3.05) is 26.3 Å². The van der Waals surface area contributed by atoms with Crippen LogP contribution in [0.1, 0.15) is 33.6 Å². The molecule has 2 aliphatic rings. The Hall–Kier alpha value is -0.120. The number of hydrogen-bond acceptors (Lipinski definition) is 3. The molecule has 0 aromatic heterocycles. The molecule has 2 N–H and O–H groups in total. The lowest BCUT2D eigenvalue weighted by Crippen LogP contribution is -2.60. The lowest BCUT2D eigenvalue weighted by molar-refractivity contribution is -0.0598. The predicted octanol–water partition coefficient (Wildman–Crippen LogP) is 1.22. The van der Waals surface area contributed by atoms with Crippen LogP contribution < -0.4 is 5.73 Å². The minimum atomic E-state index is -0.00535. The molecule has 1 saturated carbocycles. The second kappa shape index (κ2) is 3.72. The molecule has 15 heavy (non-hydrogen) atoms. The van der Waals surface area contributed by atoms with Crippen molar-refractivity contribution >= 4 is 0 Å². The van der Waals surface area contributed by atoms with E-state index >= 15 is 0 Å². The first kappa shape index (κ1) is 11.4. The summed E-state index contributed by atoms with van der Waals surface area (Å²) in [5, 5.41) is 0. The van der Waals surface area contributed by atoms with Crippen LogP contribution in [0, 0.1) is 5.92 Å². The zero-order chi connectivity index (χ0) is 11.1. The maximum Gasteiger partial charge on any atom is 0.0645 e. The molecule has 1 atom stereocenters. The fraction of sp³-hybridized carbons (Fsp3) is 1.00. The Morgan fingerprint density at radius 3 is 2.67 bits per heavy atom. The quantitative estimate of drug-likeness (QED) is 0.764. The van der Waals surface area contributed by atoms with Crippen LogP contribution in [0.4, 0.5) is 0 Å². The average Bonchev–Trinajstić information content (AvgIpc) is 2.91. The third-order valence-electron chi connectivity index (χ3n) is 3.86. The highest BCUT2D eigenvalue weighted by molar-refractivity contribution is 4.99. The van der Waals surface area contributed by atoms with Crippen LogP contribution in [0.25, 0.3) is 0 Å². The third-order valence-corrected chi connectivity index (χ3v) is 3.86. The second-order valence-corrected chi connectivity index (χ2v) is 6.07. The molecule has 0 radical (unpaired) electrons. The van der Waals surface area contributed by atoms with E-state index in [1.54, 1.807) is 0 Å². The van der Waals surface area contributed by atoms with E-state index in [1.807, 2.05) is 0 Å². The normalized spacial score (nSPS) is 31.2. The molecule has 0 aromatic rings. The van der Waals surface area contributed by atoms with Crippen LogP contribution in [-0.4, -0.2) is 42.3 Å². The van der Waals surface area contributed by atoms with Crippen molar-refractivity contribution in [2.45, 2.75) is 44.7 Å². The van der Waals surface area contributed by atoms with Gasteiger partial charge in [0.05, 0.1) is 13.2 Å². The van der Waals surface area contributed by atoms with Gasteiger partial charge in [-0.05, 0) is 39.5 Å². The Kier molecular flexibility index (Phi) is 2.82. The monoisotopic (exact) mass is 212 g/mol. The summed E-state index contributed by atoms with van der Waals surface area (Å²) in [5.74, 6) is 0.746. The molecule has 1 saturated heterocycles. The predicted molar refractivity (Wildman–Crippen MR) is 61.8 cm³/mol. The average molecular weight is 212 g/mol.